The van der Waals surface area contributed by atoms with Crippen LogP contribution in [-0.4, -0.2) is 44.0 Å². The number of thioether (sulfide) groups is 1. The molecule has 0 radical (unpaired) electrons. The van der Waals surface area contributed by atoms with Gasteiger partial charge in [-0.15, -0.1) is 0 Å². The van der Waals surface area contributed by atoms with Crippen LogP contribution in [-0.2, 0) is 16.8 Å². The second-order valence-corrected chi connectivity index (χ2v) is 7.57. The highest BCUT2D eigenvalue weighted by atomic mass is 32.2. The molecule has 7 nitrogen and oxygen atoms in total. The van der Waals surface area contributed by atoms with Gasteiger partial charge in [-0.2, -0.15) is 16.7 Å². The Morgan fingerprint density at radius 1 is 1.43 bits per heavy atom. The van der Waals surface area contributed by atoms with Crippen LogP contribution in [0.15, 0.2) is 4.52 Å². The molecule has 21 heavy (non-hydrogen) atoms. The molecule has 114 valence electrons. The molecule has 0 aromatic carbocycles. The van der Waals surface area contributed by atoms with Gasteiger partial charge in [0.25, 0.3) is 5.91 Å². The number of hydrogen-bond donors (Lipinski definition) is 1. The van der Waals surface area contributed by atoms with Crippen LogP contribution in [0.2, 0.25) is 0 Å². The first-order chi connectivity index (χ1) is 9.82. The van der Waals surface area contributed by atoms with E-state index < -0.39 is 5.54 Å². The normalized spacial score (nSPS) is 26.0. The molecule has 0 bridgehead atoms. The van der Waals surface area contributed by atoms with E-state index in [9.17, 15) is 9.59 Å². The van der Waals surface area contributed by atoms with Crippen LogP contribution in [0.4, 0.5) is 4.79 Å². The van der Waals surface area contributed by atoms with Crippen molar-refractivity contribution in [1.82, 2.24) is 20.4 Å². The minimum Gasteiger partial charge on any atom is -0.337 e. The predicted molar refractivity (Wildman–Crippen MR) is 76.8 cm³/mol. The molecule has 3 amide bonds. The molecule has 2 fully saturated rings. The van der Waals surface area contributed by atoms with Gasteiger partial charge >= 0.3 is 6.03 Å². The average Bonchev–Trinajstić information content (AvgIpc) is 3.07. The van der Waals surface area contributed by atoms with E-state index in [-0.39, 0.29) is 29.8 Å². The van der Waals surface area contributed by atoms with E-state index in [2.05, 4.69) is 15.5 Å². The van der Waals surface area contributed by atoms with Gasteiger partial charge in [0.2, 0.25) is 5.89 Å². The van der Waals surface area contributed by atoms with E-state index >= 15 is 0 Å². The summed E-state index contributed by atoms with van der Waals surface area (Å²) in [6.45, 7) is 5.94. The molecule has 1 aromatic heterocycles. The van der Waals surface area contributed by atoms with Crippen molar-refractivity contribution in [2.24, 2.45) is 0 Å². The van der Waals surface area contributed by atoms with Gasteiger partial charge in [0.15, 0.2) is 5.82 Å². The zero-order valence-corrected chi connectivity index (χ0v) is 13.1. The van der Waals surface area contributed by atoms with Crippen molar-refractivity contribution in [2.45, 2.75) is 44.7 Å². The molecule has 0 saturated carbocycles. The SMILES string of the molecule is CC(C)(C)c1noc(CN2C(=O)NC3(CCSC3)C2=O)n1. The van der Waals surface area contributed by atoms with Crippen LogP contribution in [0.5, 0.6) is 0 Å². The van der Waals surface area contributed by atoms with Gasteiger partial charge in [0.1, 0.15) is 12.1 Å². The zero-order chi connectivity index (χ0) is 15.3. The first kappa shape index (κ1) is 14.4. The lowest BCUT2D eigenvalue weighted by Gasteiger charge is -2.18. The minimum atomic E-state index is -0.728. The summed E-state index contributed by atoms with van der Waals surface area (Å²) in [7, 11) is 0. The molecule has 3 rings (SSSR count). The van der Waals surface area contributed by atoms with Crippen LogP contribution in [0.1, 0.15) is 38.9 Å². The van der Waals surface area contributed by atoms with Crippen molar-refractivity contribution in [1.29, 1.82) is 0 Å². The molecule has 0 aliphatic carbocycles. The molecule has 1 unspecified atom stereocenters. The monoisotopic (exact) mass is 310 g/mol. The maximum atomic E-state index is 12.5. The Bertz CT molecular complexity index is 586. The lowest BCUT2D eigenvalue weighted by atomic mass is 9.96. The van der Waals surface area contributed by atoms with Gasteiger partial charge in [0.05, 0.1) is 0 Å². The number of urea groups is 1. The fraction of sp³-hybridized carbons (Fsp3) is 0.692. The molecule has 1 N–H and O–H groups in total. The second kappa shape index (κ2) is 4.72. The topological polar surface area (TPSA) is 88.3 Å². The fourth-order valence-electron chi connectivity index (χ4n) is 2.41. The second-order valence-electron chi connectivity index (χ2n) is 6.47. The Morgan fingerprint density at radius 3 is 2.76 bits per heavy atom. The standard InChI is InChI=1S/C13H18N4O3S/c1-12(2,3)9-14-8(20-16-9)6-17-10(18)13(15-11(17)19)4-5-21-7-13/h4-7H2,1-3H3,(H,15,19). The highest BCUT2D eigenvalue weighted by Crippen LogP contribution is 2.34. The summed E-state index contributed by atoms with van der Waals surface area (Å²) in [5, 5.41) is 6.72. The van der Waals surface area contributed by atoms with Gasteiger partial charge in [-0.25, -0.2) is 4.79 Å². The van der Waals surface area contributed by atoms with Gasteiger partial charge in [-0.05, 0) is 12.2 Å². The molecule has 1 spiro atoms. The first-order valence-corrected chi connectivity index (χ1v) is 8.02. The van der Waals surface area contributed by atoms with Crippen LogP contribution < -0.4 is 5.32 Å². The zero-order valence-electron chi connectivity index (χ0n) is 12.3. The highest BCUT2D eigenvalue weighted by Gasteiger charge is 2.53. The van der Waals surface area contributed by atoms with E-state index in [0.29, 0.717) is 18.0 Å². The van der Waals surface area contributed by atoms with Gasteiger partial charge in [-0.1, -0.05) is 25.9 Å². The molecular formula is C13H18N4O3S. The van der Waals surface area contributed by atoms with E-state index in [4.69, 9.17) is 4.52 Å². The van der Waals surface area contributed by atoms with Gasteiger partial charge in [-0.3, -0.25) is 9.69 Å². The average molecular weight is 310 g/mol. The summed E-state index contributed by atoms with van der Waals surface area (Å²) in [4.78, 5) is 30.0. The minimum absolute atomic E-state index is 0.0279. The Hall–Kier alpha value is -1.57. The number of rotatable bonds is 2. The van der Waals surface area contributed by atoms with Crippen molar-refractivity contribution in [3.05, 3.63) is 11.7 Å². The number of nitrogens with one attached hydrogen (secondary N) is 1. The van der Waals surface area contributed by atoms with Crippen molar-refractivity contribution in [3.63, 3.8) is 0 Å². The van der Waals surface area contributed by atoms with E-state index in [1.165, 1.54) is 4.90 Å². The number of hydrogen-bond acceptors (Lipinski definition) is 6. The number of nitrogens with zero attached hydrogens (tertiary/aromatic N) is 3. The Morgan fingerprint density at radius 2 is 2.19 bits per heavy atom. The quantitative estimate of drug-likeness (QED) is 0.828. The number of aromatic nitrogens is 2. The maximum Gasteiger partial charge on any atom is 0.325 e. The maximum absolute atomic E-state index is 12.5. The summed E-state index contributed by atoms with van der Waals surface area (Å²) < 4.78 is 5.16. The number of imide groups is 1. The molecule has 2 aliphatic rings. The number of amides is 3. The molecule has 3 heterocycles. The molecule has 2 saturated heterocycles. The van der Waals surface area contributed by atoms with Crippen molar-refractivity contribution < 1.29 is 14.1 Å². The van der Waals surface area contributed by atoms with Crippen molar-refractivity contribution in [3.8, 4) is 0 Å². The number of carbonyl (C=O) groups excluding carboxylic acids is 2. The Balaban J connectivity index is 1.77. The molecule has 1 atom stereocenters. The van der Waals surface area contributed by atoms with Crippen LogP contribution in [0.25, 0.3) is 0 Å². The van der Waals surface area contributed by atoms with Crippen molar-refractivity contribution in [2.75, 3.05) is 11.5 Å². The molecular weight excluding hydrogens is 292 g/mol. The lowest BCUT2D eigenvalue weighted by Crippen LogP contribution is -2.46. The number of carbonyl (C=O) groups is 2. The van der Waals surface area contributed by atoms with Crippen molar-refractivity contribution >= 4 is 23.7 Å². The molecule has 2 aliphatic heterocycles. The summed E-state index contributed by atoms with van der Waals surface area (Å²) in [5.41, 5.74) is -0.961. The third kappa shape index (κ3) is 2.41. The van der Waals surface area contributed by atoms with Crippen LogP contribution in [0.3, 0.4) is 0 Å². The largest absolute Gasteiger partial charge is 0.337 e. The van der Waals surface area contributed by atoms with Gasteiger partial charge in [0, 0.05) is 11.2 Å². The molecule has 1 aromatic rings. The van der Waals surface area contributed by atoms with E-state index in [1.807, 2.05) is 20.8 Å². The molecule has 8 heteroatoms. The lowest BCUT2D eigenvalue weighted by molar-refractivity contribution is -0.131. The Kier molecular flexibility index (Phi) is 3.23. The van der Waals surface area contributed by atoms with E-state index in [1.54, 1.807) is 11.8 Å². The summed E-state index contributed by atoms with van der Waals surface area (Å²) in [6, 6.07) is -0.377. The summed E-state index contributed by atoms with van der Waals surface area (Å²) in [6.07, 6.45) is 0.676. The third-order valence-corrected chi connectivity index (χ3v) is 4.89. The summed E-state index contributed by atoms with van der Waals surface area (Å²) >= 11 is 1.68. The third-order valence-electron chi connectivity index (χ3n) is 3.70. The Labute approximate surface area is 126 Å². The van der Waals surface area contributed by atoms with E-state index in [0.717, 1.165) is 5.75 Å². The first-order valence-electron chi connectivity index (χ1n) is 6.87. The predicted octanol–water partition coefficient (Wildman–Crippen LogP) is 1.29. The smallest absolute Gasteiger partial charge is 0.325 e. The fourth-order valence-corrected chi connectivity index (χ4v) is 3.74. The summed E-state index contributed by atoms with van der Waals surface area (Å²) in [5.74, 6) is 2.18. The van der Waals surface area contributed by atoms with Crippen LogP contribution in [0, 0.1) is 0 Å². The van der Waals surface area contributed by atoms with Gasteiger partial charge < -0.3 is 9.84 Å². The van der Waals surface area contributed by atoms with Crippen LogP contribution >= 0.6 is 11.8 Å². The highest BCUT2D eigenvalue weighted by molar-refractivity contribution is 7.99.